The maximum Gasteiger partial charge on any atom is 0.303 e. The number of carbonyl (C=O) groups excluding carboxylic acids is 3. The minimum Gasteiger partial charge on any atom is -0.453 e. The SMILES string of the molecule is COCC(=O)Nc1ccc(N2CCN(C(=O)[C@H](C)OC(C)=O)CC2)nc1. The van der Waals surface area contributed by atoms with Gasteiger partial charge in [-0.25, -0.2) is 4.98 Å². The van der Waals surface area contributed by atoms with Gasteiger partial charge in [-0.05, 0) is 19.1 Å². The molecule has 1 aliphatic heterocycles. The zero-order valence-corrected chi connectivity index (χ0v) is 15.2. The number of nitrogens with one attached hydrogen (secondary N) is 1. The van der Waals surface area contributed by atoms with E-state index in [1.165, 1.54) is 14.0 Å². The van der Waals surface area contributed by atoms with Crippen molar-refractivity contribution in [3.63, 3.8) is 0 Å². The van der Waals surface area contributed by atoms with E-state index in [2.05, 4.69) is 15.2 Å². The quantitative estimate of drug-likeness (QED) is 0.723. The summed E-state index contributed by atoms with van der Waals surface area (Å²) < 4.78 is 9.70. The van der Waals surface area contributed by atoms with E-state index in [4.69, 9.17) is 9.47 Å². The summed E-state index contributed by atoms with van der Waals surface area (Å²) in [6.07, 6.45) is 0.815. The Bertz CT molecular complexity index is 641. The molecule has 1 atom stereocenters. The van der Waals surface area contributed by atoms with Crippen molar-refractivity contribution in [3.05, 3.63) is 18.3 Å². The zero-order valence-electron chi connectivity index (χ0n) is 15.2. The monoisotopic (exact) mass is 364 g/mol. The first-order chi connectivity index (χ1) is 12.4. The van der Waals surface area contributed by atoms with E-state index in [1.807, 2.05) is 6.07 Å². The third-order valence-electron chi connectivity index (χ3n) is 3.91. The molecule has 0 unspecified atom stereocenters. The van der Waals surface area contributed by atoms with Crippen LogP contribution in [0.5, 0.6) is 0 Å². The van der Waals surface area contributed by atoms with E-state index in [0.29, 0.717) is 31.9 Å². The molecule has 1 aliphatic rings. The van der Waals surface area contributed by atoms with Crippen molar-refractivity contribution >= 4 is 29.3 Å². The summed E-state index contributed by atoms with van der Waals surface area (Å²) >= 11 is 0. The Morgan fingerprint density at radius 1 is 1.23 bits per heavy atom. The van der Waals surface area contributed by atoms with Crippen LogP contribution in [0.2, 0.25) is 0 Å². The van der Waals surface area contributed by atoms with Crippen molar-refractivity contribution in [1.82, 2.24) is 9.88 Å². The summed E-state index contributed by atoms with van der Waals surface area (Å²) in [4.78, 5) is 42.8. The molecule has 1 N–H and O–H groups in total. The molecule has 2 amide bonds. The molecule has 9 nitrogen and oxygen atoms in total. The molecule has 1 aromatic rings. The Balaban J connectivity index is 1.86. The second-order valence-corrected chi connectivity index (χ2v) is 5.95. The normalized spacial score (nSPS) is 15.3. The fourth-order valence-corrected chi connectivity index (χ4v) is 2.69. The second kappa shape index (κ2) is 9.14. The van der Waals surface area contributed by atoms with Gasteiger partial charge in [0.1, 0.15) is 12.4 Å². The van der Waals surface area contributed by atoms with Gasteiger partial charge in [0.15, 0.2) is 6.10 Å². The smallest absolute Gasteiger partial charge is 0.303 e. The summed E-state index contributed by atoms with van der Waals surface area (Å²) in [5.74, 6) is -0.124. The largest absolute Gasteiger partial charge is 0.453 e. The molecule has 0 bridgehead atoms. The summed E-state index contributed by atoms with van der Waals surface area (Å²) in [6, 6.07) is 3.59. The lowest BCUT2D eigenvalue weighted by atomic mass is 10.2. The van der Waals surface area contributed by atoms with Crippen LogP contribution >= 0.6 is 0 Å². The van der Waals surface area contributed by atoms with E-state index in [9.17, 15) is 14.4 Å². The van der Waals surface area contributed by atoms with Crippen molar-refractivity contribution in [3.8, 4) is 0 Å². The number of esters is 1. The number of nitrogens with zero attached hydrogens (tertiary/aromatic N) is 3. The molecule has 2 heterocycles. The van der Waals surface area contributed by atoms with E-state index < -0.39 is 12.1 Å². The van der Waals surface area contributed by atoms with Gasteiger partial charge in [0.2, 0.25) is 5.91 Å². The number of hydrogen-bond donors (Lipinski definition) is 1. The molecule has 142 valence electrons. The first-order valence-corrected chi connectivity index (χ1v) is 8.36. The highest BCUT2D eigenvalue weighted by molar-refractivity contribution is 5.91. The van der Waals surface area contributed by atoms with Crippen LogP contribution in [-0.2, 0) is 23.9 Å². The Morgan fingerprint density at radius 3 is 2.46 bits per heavy atom. The molecular formula is C17H24N4O5. The fourth-order valence-electron chi connectivity index (χ4n) is 2.69. The van der Waals surface area contributed by atoms with Crippen LogP contribution in [-0.4, -0.2) is 73.7 Å². The van der Waals surface area contributed by atoms with E-state index in [-0.39, 0.29) is 18.4 Å². The molecule has 0 aromatic carbocycles. The third-order valence-corrected chi connectivity index (χ3v) is 3.91. The second-order valence-electron chi connectivity index (χ2n) is 5.95. The van der Waals surface area contributed by atoms with Crippen LogP contribution in [0, 0.1) is 0 Å². The topological polar surface area (TPSA) is 101 Å². The molecule has 0 spiro atoms. The number of hydrogen-bond acceptors (Lipinski definition) is 7. The van der Waals surface area contributed by atoms with Crippen molar-refractivity contribution in [2.75, 3.05) is 50.1 Å². The lowest BCUT2D eigenvalue weighted by molar-refractivity contribution is -0.157. The number of pyridine rings is 1. The molecule has 1 fully saturated rings. The van der Waals surface area contributed by atoms with E-state index >= 15 is 0 Å². The lowest BCUT2D eigenvalue weighted by Gasteiger charge is -2.36. The van der Waals surface area contributed by atoms with Gasteiger partial charge >= 0.3 is 5.97 Å². The molecule has 26 heavy (non-hydrogen) atoms. The van der Waals surface area contributed by atoms with E-state index in [0.717, 1.165) is 5.82 Å². The van der Waals surface area contributed by atoms with Gasteiger partial charge in [-0.3, -0.25) is 14.4 Å². The van der Waals surface area contributed by atoms with Crippen LogP contribution in [0.15, 0.2) is 18.3 Å². The summed E-state index contributed by atoms with van der Waals surface area (Å²) in [7, 11) is 1.46. The Hall–Kier alpha value is -2.68. The fraction of sp³-hybridized carbons (Fsp3) is 0.529. The molecule has 1 aromatic heterocycles. The highest BCUT2D eigenvalue weighted by Crippen LogP contribution is 2.17. The minimum atomic E-state index is -0.771. The lowest BCUT2D eigenvalue weighted by Crippen LogP contribution is -2.51. The Kier molecular flexibility index (Phi) is 6.90. The maximum absolute atomic E-state index is 12.2. The number of rotatable bonds is 6. The predicted octanol–water partition coefficient (Wildman–Crippen LogP) is 0.267. The Labute approximate surface area is 152 Å². The Morgan fingerprint density at radius 2 is 1.92 bits per heavy atom. The van der Waals surface area contributed by atoms with Gasteiger partial charge in [-0.15, -0.1) is 0 Å². The van der Waals surface area contributed by atoms with Crippen molar-refractivity contribution in [2.24, 2.45) is 0 Å². The predicted molar refractivity (Wildman–Crippen MR) is 94.8 cm³/mol. The van der Waals surface area contributed by atoms with Crippen LogP contribution in [0.4, 0.5) is 11.5 Å². The van der Waals surface area contributed by atoms with Crippen molar-refractivity contribution < 1.29 is 23.9 Å². The number of carbonyl (C=O) groups is 3. The highest BCUT2D eigenvalue weighted by Gasteiger charge is 2.26. The number of methoxy groups -OCH3 is 1. The van der Waals surface area contributed by atoms with E-state index in [1.54, 1.807) is 24.1 Å². The molecule has 0 aliphatic carbocycles. The average molecular weight is 364 g/mol. The minimum absolute atomic E-state index is 0.0104. The molecule has 0 radical (unpaired) electrons. The number of piperazine rings is 1. The maximum atomic E-state index is 12.2. The molecule has 9 heteroatoms. The summed E-state index contributed by atoms with van der Waals surface area (Å²) in [5, 5.41) is 2.68. The van der Waals surface area contributed by atoms with Crippen LogP contribution < -0.4 is 10.2 Å². The van der Waals surface area contributed by atoms with Crippen molar-refractivity contribution in [1.29, 1.82) is 0 Å². The van der Waals surface area contributed by atoms with Crippen LogP contribution in [0.1, 0.15) is 13.8 Å². The number of aromatic nitrogens is 1. The van der Waals surface area contributed by atoms with Gasteiger partial charge in [-0.2, -0.15) is 0 Å². The zero-order chi connectivity index (χ0) is 19.1. The van der Waals surface area contributed by atoms with Gasteiger partial charge in [0, 0.05) is 40.2 Å². The first kappa shape index (κ1) is 19.6. The van der Waals surface area contributed by atoms with Crippen LogP contribution in [0.3, 0.4) is 0 Å². The first-order valence-electron chi connectivity index (χ1n) is 8.36. The number of amides is 2. The number of ether oxygens (including phenoxy) is 2. The average Bonchev–Trinajstić information content (AvgIpc) is 2.61. The van der Waals surface area contributed by atoms with Gasteiger partial charge in [0.05, 0.1) is 11.9 Å². The molecular weight excluding hydrogens is 340 g/mol. The van der Waals surface area contributed by atoms with Crippen LogP contribution in [0.25, 0.3) is 0 Å². The molecule has 0 saturated carbocycles. The van der Waals surface area contributed by atoms with Gasteiger partial charge in [0.25, 0.3) is 5.91 Å². The summed E-state index contributed by atoms with van der Waals surface area (Å²) in [6.45, 7) is 5.16. The highest BCUT2D eigenvalue weighted by atomic mass is 16.5. The van der Waals surface area contributed by atoms with Crippen molar-refractivity contribution in [2.45, 2.75) is 20.0 Å². The summed E-state index contributed by atoms with van der Waals surface area (Å²) in [5.41, 5.74) is 0.597. The third kappa shape index (κ3) is 5.41. The molecule has 2 rings (SSSR count). The van der Waals surface area contributed by atoms with Gasteiger partial charge < -0.3 is 24.6 Å². The number of anilines is 2. The molecule has 1 saturated heterocycles. The standard InChI is InChI=1S/C17H24N4O5/c1-12(26-13(2)22)17(24)21-8-6-20(7-9-21)15-5-4-14(10-18-15)19-16(23)11-25-3/h4-5,10,12H,6-9,11H2,1-3H3,(H,19,23)/t12-/m0/s1. The van der Waals surface area contributed by atoms with Gasteiger partial charge in [-0.1, -0.05) is 0 Å².